The zero-order valence-electron chi connectivity index (χ0n) is 11.1. The van der Waals surface area contributed by atoms with Gasteiger partial charge in [-0.3, -0.25) is 0 Å². The van der Waals surface area contributed by atoms with Crippen molar-refractivity contribution in [1.82, 2.24) is 5.32 Å². The molecular weight excluding hydrogens is 208 g/mol. The fraction of sp³-hybridized carbons (Fsp3) is 0.600. The van der Waals surface area contributed by atoms with E-state index in [-0.39, 0.29) is 0 Å². The summed E-state index contributed by atoms with van der Waals surface area (Å²) in [6, 6.07) is 9.02. The second-order valence-electron chi connectivity index (χ2n) is 5.31. The van der Waals surface area contributed by atoms with Crippen molar-refractivity contribution in [2.45, 2.75) is 25.7 Å². The van der Waals surface area contributed by atoms with Gasteiger partial charge < -0.3 is 10.2 Å². The van der Waals surface area contributed by atoms with Crippen LogP contribution in [0.1, 0.15) is 24.8 Å². The fourth-order valence-electron chi connectivity index (χ4n) is 2.56. The first kappa shape index (κ1) is 12.4. The largest absolute Gasteiger partial charge is 0.378 e. The number of rotatable bonds is 3. The maximum absolute atomic E-state index is 3.48. The highest BCUT2D eigenvalue weighted by Crippen LogP contribution is 2.21. The van der Waals surface area contributed by atoms with Gasteiger partial charge in [0.2, 0.25) is 0 Å². The van der Waals surface area contributed by atoms with E-state index in [1.807, 2.05) is 0 Å². The molecule has 1 atom stereocenters. The van der Waals surface area contributed by atoms with E-state index in [1.54, 1.807) is 0 Å². The Morgan fingerprint density at radius 1 is 1.12 bits per heavy atom. The average Bonchev–Trinajstić information content (AvgIpc) is 2.58. The van der Waals surface area contributed by atoms with E-state index in [1.165, 1.54) is 50.0 Å². The smallest absolute Gasteiger partial charge is 0.0361 e. The van der Waals surface area contributed by atoms with Crippen LogP contribution in [0.5, 0.6) is 0 Å². The van der Waals surface area contributed by atoms with Gasteiger partial charge in [-0.25, -0.2) is 0 Å². The molecule has 1 heterocycles. The highest BCUT2D eigenvalue weighted by atomic mass is 15.1. The molecule has 2 rings (SSSR count). The lowest BCUT2D eigenvalue weighted by molar-refractivity contribution is 0.470. The van der Waals surface area contributed by atoms with Crippen molar-refractivity contribution in [3.05, 3.63) is 29.8 Å². The van der Waals surface area contributed by atoms with E-state index in [4.69, 9.17) is 0 Å². The summed E-state index contributed by atoms with van der Waals surface area (Å²) in [6.45, 7) is 2.40. The Morgan fingerprint density at radius 3 is 2.59 bits per heavy atom. The summed E-state index contributed by atoms with van der Waals surface area (Å²) < 4.78 is 0. The maximum atomic E-state index is 3.48. The van der Waals surface area contributed by atoms with Gasteiger partial charge in [-0.2, -0.15) is 0 Å². The van der Waals surface area contributed by atoms with Crippen LogP contribution >= 0.6 is 0 Å². The van der Waals surface area contributed by atoms with Crippen LogP contribution in [0.2, 0.25) is 0 Å². The molecule has 0 bridgehead atoms. The molecule has 1 unspecified atom stereocenters. The van der Waals surface area contributed by atoms with Gasteiger partial charge in [0.25, 0.3) is 0 Å². The summed E-state index contributed by atoms with van der Waals surface area (Å²) >= 11 is 0. The number of hydrogen-bond acceptors (Lipinski definition) is 2. The van der Waals surface area contributed by atoms with Gasteiger partial charge in [0.1, 0.15) is 0 Å². The van der Waals surface area contributed by atoms with Gasteiger partial charge >= 0.3 is 0 Å². The van der Waals surface area contributed by atoms with Crippen molar-refractivity contribution in [3.8, 4) is 0 Å². The summed E-state index contributed by atoms with van der Waals surface area (Å²) in [6.07, 6.45) is 5.29. The third-order valence-corrected chi connectivity index (χ3v) is 3.67. The summed E-state index contributed by atoms with van der Waals surface area (Å²) in [5.41, 5.74) is 2.78. The molecule has 1 aliphatic heterocycles. The van der Waals surface area contributed by atoms with E-state index in [0.717, 1.165) is 5.92 Å². The monoisotopic (exact) mass is 232 g/mol. The summed E-state index contributed by atoms with van der Waals surface area (Å²) in [4.78, 5) is 2.15. The third kappa shape index (κ3) is 3.74. The predicted molar refractivity (Wildman–Crippen MR) is 74.7 cm³/mol. The molecule has 0 saturated carbocycles. The molecule has 1 N–H and O–H groups in total. The maximum Gasteiger partial charge on any atom is 0.0361 e. The minimum absolute atomic E-state index is 0.871. The van der Waals surface area contributed by atoms with Gasteiger partial charge in [-0.05, 0) is 62.4 Å². The quantitative estimate of drug-likeness (QED) is 0.862. The van der Waals surface area contributed by atoms with E-state index in [2.05, 4.69) is 48.6 Å². The topological polar surface area (TPSA) is 15.3 Å². The van der Waals surface area contributed by atoms with Crippen molar-refractivity contribution < 1.29 is 0 Å². The number of hydrogen-bond donors (Lipinski definition) is 1. The van der Waals surface area contributed by atoms with Gasteiger partial charge in [-0.1, -0.05) is 12.1 Å². The first-order chi connectivity index (χ1) is 8.25. The van der Waals surface area contributed by atoms with E-state index in [9.17, 15) is 0 Å². The van der Waals surface area contributed by atoms with Gasteiger partial charge in [0.15, 0.2) is 0 Å². The molecule has 0 aromatic heterocycles. The minimum Gasteiger partial charge on any atom is -0.378 e. The molecule has 94 valence electrons. The van der Waals surface area contributed by atoms with Crippen LogP contribution < -0.4 is 10.2 Å². The van der Waals surface area contributed by atoms with Crippen LogP contribution in [0.25, 0.3) is 0 Å². The molecule has 1 aromatic rings. The zero-order valence-corrected chi connectivity index (χ0v) is 11.1. The number of benzene rings is 1. The standard InChI is InChI=1S/C15H24N2/c1-17(2)15-7-5-14(6-8-15)12-13-4-3-10-16-11-9-13/h5-8,13,16H,3-4,9-12H2,1-2H3. The van der Waals surface area contributed by atoms with Crippen molar-refractivity contribution in [2.24, 2.45) is 5.92 Å². The summed E-state index contributed by atoms with van der Waals surface area (Å²) in [5, 5.41) is 3.48. The number of nitrogens with one attached hydrogen (secondary N) is 1. The molecule has 1 aromatic carbocycles. The predicted octanol–water partition coefficient (Wildman–Crippen LogP) is 2.68. The molecule has 0 aliphatic carbocycles. The zero-order chi connectivity index (χ0) is 12.1. The summed E-state index contributed by atoms with van der Waals surface area (Å²) in [5.74, 6) is 0.871. The lowest BCUT2D eigenvalue weighted by atomic mass is 9.93. The summed E-state index contributed by atoms with van der Waals surface area (Å²) in [7, 11) is 4.18. The van der Waals surface area contributed by atoms with Crippen LogP contribution in [-0.4, -0.2) is 27.2 Å². The minimum atomic E-state index is 0.871. The van der Waals surface area contributed by atoms with E-state index in [0.29, 0.717) is 0 Å². The molecular formula is C15H24N2. The van der Waals surface area contributed by atoms with Crippen LogP contribution in [0, 0.1) is 5.92 Å². The van der Waals surface area contributed by atoms with E-state index >= 15 is 0 Å². The second kappa shape index (κ2) is 6.06. The highest BCUT2D eigenvalue weighted by Gasteiger charge is 2.12. The lowest BCUT2D eigenvalue weighted by Gasteiger charge is -2.16. The normalized spacial score (nSPS) is 20.9. The SMILES string of the molecule is CN(C)c1ccc(CC2CCCNCC2)cc1. The molecule has 1 aliphatic rings. The average molecular weight is 232 g/mol. The fourth-order valence-corrected chi connectivity index (χ4v) is 2.56. The molecule has 1 saturated heterocycles. The van der Waals surface area contributed by atoms with Crippen LogP contribution in [-0.2, 0) is 6.42 Å². The lowest BCUT2D eigenvalue weighted by Crippen LogP contribution is -2.14. The Bertz CT molecular complexity index is 321. The molecule has 0 radical (unpaired) electrons. The molecule has 0 spiro atoms. The van der Waals surface area contributed by atoms with Crippen molar-refractivity contribution >= 4 is 5.69 Å². The molecule has 2 heteroatoms. The van der Waals surface area contributed by atoms with Crippen molar-refractivity contribution in [1.29, 1.82) is 0 Å². The Hall–Kier alpha value is -1.02. The third-order valence-electron chi connectivity index (χ3n) is 3.67. The highest BCUT2D eigenvalue weighted by molar-refractivity contribution is 5.46. The molecule has 17 heavy (non-hydrogen) atoms. The van der Waals surface area contributed by atoms with Crippen molar-refractivity contribution in [2.75, 3.05) is 32.1 Å². The Morgan fingerprint density at radius 2 is 1.88 bits per heavy atom. The van der Waals surface area contributed by atoms with Gasteiger partial charge in [0, 0.05) is 19.8 Å². The van der Waals surface area contributed by atoms with Crippen LogP contribution in [0.4, 0.5) is 5.69 Å². The van der Waals surface area contributed by atoms with Crippen LogP contribution in [0.3, 0.4) is 0 Å². The first-order valence-electron chi connectivity index (χ1n) is 6.72. The Balaban J connectivity index is 1.93. The van der Waals surface area contributed by atoms with Crippen molar-refractivity contribution in [3.63, 3.8) is 0 Å². The second-order valence-corrected chi connectivity index (χ2v) is 5.31. The van der Waals surface area contributed by atoms with Gasteiger partial charge in [-0.15, -0.1) is 0 Å². The number of nitrogens with zero attached hydrogens (tertiary/aromatic N) is 1. The Kier molecular flexibility index (Phi) is 4.43. The first-order valence-corrected chi connectivity index (χ1v) is 6.72. The molecule has 1 fully saturated rings. The van der Waals surface area contributed by atoms with Gasteiger partial charge in [0.05, 0.1) is 0 Å². The van der Waals surface area contributed by atoms with E-state index < -0.39 is 0 Å². The number of anilines is 1. The Labute approximate surface area is 105 Å². The molecule has 0 amide bonds. The van der Waals surface area contributed by atoms with Crippen LogP contribution in [0.15, 0.2) is 24.3 Å². The molecule has 2 nitrogen and oxygen atoms in total.